The third-order valence-electron chi connectivity index (χ3n) is 5.35. The van der Waals surface area contributed by atoms with Gasteiger partial charge in [-0.05, 0) is 55.3 Å². The van der Waals surface area contributed by atoms with E-state index in [0.29, 0.717) is 11.1 Å². The maximum Gasteiger partial charge on any atom is 0.282 e. The molecule has 6 heteroatoms. The van der Waals surface area contributed by atoms with Crippen LogP contribution in [0.4, 0.5) is 15.8 Å². The van der Waals surface area contributed by atoms with Crippen molar-refractivity contribution in [2.24, 2.45) is 0 Å². The molecule has 0 saturated heterocycles. The summed E-state index contributed by atoms with van der Waals surface area (Å²) in [7, 11) is 1.75. The molecule has 3 aromatic carbocycles. The van der Waals surface area contributed by atoms with Gasteiger partial charge in [0.25, 0.3) is 11.8 Å². The fourth-order valence-corrected chi connectivity index (χ4v) is 3.98. The number of para-hydroxylation sites is 1. The van der Waals surface area contributed by atoms with Crippen LogP contribution in [0.5, 0.6) is 0 Å². The van der Waals surface area contributed by atoms with Gasteiger partial charge < -0.3 is 4.90 Å². The number of hydrogen-bond donors (Lipinski definition) is 0. The average Bonchev–Trinajstić information content (AvgIpc) is 3.00. The van der Waals surface area contributed by atoms with Crippen LogP contribution in [-0.4, -0.2) is 18.9 Å². The van der Waals surface area contributed by atoms with Gasteiger partial charge >= 0.3 is 0 Å². The molecule has 156 valence electrons. The third kappa shape index (κ3) is 3.62. The maximum absolute atomic E-state index is 13.7. The number of anilines is 2. The smallest absolute Gasteiger partial charge is 0.282 e. The van der Waals surface area contributed by atoms with Gasteiger partial charge in [-0.15, -0.1) is 0 Å². The summed E-state index contributed by atoms with van der Waals surface area (Å²) >= 11 is 5.93. The minimum Gasteiger partial charge on any atom is -0.339 e. The molecular formula is C25H20ClFN2O2. The van der Waals surface area contributed by atoms with E-state index >= 15 is 0 Å². The predicted octanol–water partition coefficient (Wildman–Crippen LogP) is 5.52. The van der Waals surface area contributed by atoms with Crippen LogP contribution in [0.1, 0.15) is 16.7 Å². The summed E-state index contributed by atoms with van der Waals surface area (Å²) < 4.78 is 13.7. The van der Waals surface area contributed by atoms with Crippen LogP contribution >= 0.6 is 11.6 Å². The number of nitrogens with zero attached hydrogens (tertiary/aromatic N) is 2. The van der Waals surface area contributed by atoms with Gasteiger partial charge in [0.1, 0.15) is 11.5 Å². The largest absolute Gasteiger partial charge is 0.339 e. The molecule has 0 N–H and O–H groups in total. The van der Waals surface area contributed by atoms with Gasteiger partial charge in [-0.3, -0.25) is 9.59 Å². The van der Waals surface area contributed by atoms with Crippen LogP contribution in [0.25, 0.3) is 5.57 Å². The van der Waals surface area contributed by atoms with Gasteiger partial charge in [-0.25, -0.2) is 9.29 Å². The van der Waals surface area contributed by atoms with E-state index in [2.05, 4.69) is 0 Å². The molecule has 1 heterocycles. The number of carbonyl (C=O) groups excluding carboxylic acids is 2. The van der Waals surface area contributed by atoms with E-state index in [-0.39, 0.29) is 16.4 Å². The van der Waals surface area contributed by atoms with Gasteiger partial charge in [-0.2, -0.15) is 0 Å². The van der Waals surface area contributed by atoms with Crippen LogP contribution in [0.15, 0.2) is 72.4 Å². The average molecular weight is 435 g/mol. The topological polar surface area (TPSA) is 40.6 Å². The van der Waals surface area contributed by atoms with Crippen molar-refractivity contribution in [2.75, 3.05) is 16.8 Å². The molecule has 0 bridgehead atoms. The van der Waals surface area contributed by atoms with Gasteiger partial charge in [-0.1, -0.05) is 53.6 Å². The number of carbonyl (C=O) groups is 2. The van der Waals surface area contributed by atoms with Crippen molar-refractivity contribution in [3.63, 3.8) is 0 Å². The lowest BCUT2D eigenvalue weighted by molar-refractivity contribution is -0.120. The lowest BCUT2D eigenvalue weighted by atomic mass is 9.97. The molecule has 0 atom stereocenters. The van der Waals surface area contributed by atoms with E-state index in [4.69, 9.17) is 11.6 Å². The number of aryl methyl sites for hydroxylation is 2. The Morgan fingerprint density at radius 1 is 0.903 bits per heavy atom. The molecule has 0 aromatic heterocycles. The highest BCUT2D eigenvalue weighted by Gasteiger charge is 2.42. The molecule has 0 aliphatic carbocycles. The van der Waals surface area contributed by atoms with Gasteiger partial charge in [0, 0.05) is 12.7 Å². The number of amides is 2. The second-order valence-electron chi connectivity index (χ2n) is 7.48. The summed E-state index contributed by atoms with van der Waals surface area (Å²) in [6, 6.07) is 18.9. The summed E-state index contributed by atoms with van der Waals surface area (Å²) in [5.41, 5.74) is 4.16. The summed E-state index contributed by atoms with van der Waals surface area (Å²) in [5, 5.41) is -0.156. The monoisotopic (exact) mass is 434 g/mol. The van der Waals surface area contributed by atoms with Gasteiger partial charge in [0.2, 0.25) is 0 Å². The van der Waals surface area contributed by atoms with E-state index in [1.807, 2.05) is 62.4 Å². The molecule has 4 rings (SSSR count). The van der Waals surface area contributed by atoms with Crippen LogP contribution in [0.3, 0.4) is 0 Å². The number of benzene rings is 3. The molecule has 0 fully saturated rings. The van der Waals surface area contributed by atoms with Crippen molar-refractivity contribution in [3.05, 3.63) is 100.0 Å². The van der Waals surface area contributed by atoms with E-state index in [0.717, 1.165) is 27.8 Å². The summed E-state index contributed by atoms with van der Waals surface area (Å²) in [6.07, 6.45) is 0. The van der Waals surface area contributed by atoms with Crippen LogP contribution < -0.4 is 9.80 Å². The van der Waals surface area contributed by atoms with E-state index < -0.39 is 17.6 Å². The predicted molar refractivity (Wildman–Crippen MR) is 122 cm³/mol. The van der Waals surface area contributed by atoms with Crippen molar-refractivity contribution >= 4 is 40.4 Å². The summed E-state index contributed by atoms with van der Waals surface area (Å²) in [5.74, 6) is -1.58. The Bertz CT molecular complexity index is 1240. The van der Waals surface area contributed by atoms with Crippen molar-refractivity contribution < 1.29 is 14.0 Å². The Morgan fingerprint density at radius 2 is 1.61 bits per heavy atom. The first-order valence-electron chi connectivity index (χ1n) is 9.74. The number of likely N-dealkylation sites (N-methyl/N-ethyl adjacent to an activating group) is 1. The number of imide groups is 1. The Labute approximate surface area is 185 Å². The highest BCUT2D eigenvalue weighted by atomic mass is 35.5. The third-order valence-corrected chi connectivity index (χ3v) is 5.64. The zero-order valence-electron chi connectivity index (χ0n) is 17.3. The Hall–Kier alpha value is -3.44. The number of rotatable bonds is 4. The second-order valence-corrected chi connectivity index (χ2v) is 7.89. The van der Waals surface area contributed by atoms with Crippen molar-refractivity contribution in [1.29, 1.82) is 0 Å². The van der Waals surface area contributed by atoms with Gasteiger partial charge in [0.05, 0.1) is 16.3 Å². The van der Waals surface area contributed by atoms with Crippen molar-refractivity contribution in [1.82, 2.24) is 0 Å². The quantitative estimate of drug-likeness (QED) is 0.508. The normalized spacial score (nSPS) is 13.9. The molecule has 0 radical (unpaired) electrons. The first kappa shape index (κ1) is 20.8. The molecule has 3 aromatic rings. The molecule has 2 amide bonds. The van der Waals surface area contributed by atoms with E-state index in [9.17, 15) is 14.0 Å². The fraction of sp³-hybridized carbons (Fsp3) is 0.120. The maximum atomic E-state index is 13.7. The molecule has 0 spiro atoms. The minimum absolute atomic E-state index is 0.156. The Balaban J connectivity index is 1.92. The lowest BCUT2D eigenvalue weighted by Gasteiger charge is -2.22. The van der Waals surface area contributed by atoms with Crippen LogP contribution in [0, 0.1) is 19.7 Å². The van der Waals surface area contributed by atoms with E-state index in [1.165, 1.54) is 12.1 Å². The number of halogens is 2. The fourth-order valence-electron chi connectivity index (χ4n) is 3.81. The summed E-state index contributed by atoms with van der Waals surface area (Å²) in [6.45, 7) is 3.88. The van der Waals surface area contributed by atoms with Crippen LogP contribution in [-0.2, 0) is 9.59 Å². The molecule has 31 heavy (non-hydrogen) atoms. The standard InChI is InChI=1S/C25H20ClFN2O2/c1-15-9-11-19(16(2)13-15)22-23(28(3)17-7-5-4-6-8-17)25(31)29(24(22)30)18-10-12-21(27)20(26)14-18/h4-14H,1-3H3. The van der Waals surface area contributed by atoms with Crippen molar-refractivity contribution in [2.45, 2.75) is 13.8 Å². The summed E-state index contributed by atoms with van der Waals surface area (Å²) in [4.78, 5) is 29.9. The van der Waals surface area contributed by atoms with Gasteiger partial charge in [0.15, 0.2) is 0 Å². The van der Waals surface area contributed by atoms with E-state index in [1.54, 1.807) is 11.9 Å². The first-order valence-corrected chi connectivity index (χ1v) is 10.1. The second kappa shape index (κ2) is 8.00. The molecule has 0 saturated carbocycles. The van der Waals surface area contributed by atoms with Crippen LogP contribution in [0.2, 0.25) is 5.02 Å². The highest BCUT2D eigenvalue weighted by molar-refractivity contribution is 6.46. The molecule has 0 unspecified atom stereocenters. The Morgan fingerprint density at radius 3 is 2.26 bits per heavy atom. The SMILES string of the molecule is Cc1ccc(C2=C(N(C)c3ccccc3)C(=O)N(c3ccc(F)c(Cl)c3)C2=O)c(C)c1. The molecular weight excluding hydrogens is 415 g/mol. The van der Waals surface area contributed by atoms with Crippen molar-refractivity contribution in [3.8, 4) is 0 Å². The highest BCUT2D eigenvalue weighted by Crippen LogP contribution is 2.38. The number of hydrogen-bond acceptors (Lipinski definition) is 3. The molecule has 1 aliphatic rings. The first-order chi connectivity index (χ1) is 14.8. The minimum atomic E-state index is -0.617. The lowest BCUT2D eigenvalue weighted by Crippen LogP contribution is -2.34. The zero-order valence-corrected chi connectivity index (χ0v) is 18.1. The Kier molecular flexibility index (Phi) is 5.38. The zero-order chi connectivity index (χ0) is 22.3. The molecule has 1 aliphatic heterocycles. The molecule has 4 nitrogen and oxygen atoms in total.